The van der Waals surface area contributed by atoms with Crippen LogP contribution in [0.1, 0.15) is 49.5 Å². The molecule has 26 heavy (non-hydrogen) atoms. The lowest BCUT2D eigenvalue weighted by molar-refractivity contribution is -0.131. The molecule has 1 heterocycles. The minimum absolute atomic E-state index is 0.143. The van der Waals surface area contributed by atoms with Gasteiger partial charge >= 0.3 is 5.97 Å². The van der Waals surface area contributed by atoms with Gasteiger partial charge in [-0.05, 0) is 37.5 Å². The molecule has 1 unspecified atom stereocenters. The second-order valence-electron chi connectivity index (χ2n) is 6.33. The Hall–Kier alpha value is -2.74. The van der Waals surface area contributed by atoms with Crippen LogP contribution in [0, 0.1) is 0 Å². The maximum Gasteiger partial charge on any atom is 0.358 e. The predicted octanol–water partition coefficient (Wildman–Crippen LogP) is 2.64. The lowest BCUT2D eigenvalue weighted by Crippen LogP contribution is -2.32. The predicted molar refractivity (Wildman–Crippen MR) is 94.4 cm³/mol. The van der Waals surface area contributed by atoms with E-state index >= 15 is 0 Å². The van der Waals surface area contributed by atoms with Gasteiger partial charge in [-0.2, -0.15) is 0 Å². The molecule has 2 N–H and O–H groups in total. The first-order valence-corrected chi connectivity index (χ1v) is 8.79. The van der Waals surface area contributed by atoms with Crippen molar-refractivity contribution < 1.29 is 19.4 Å². The van der Waals surface area contributed by atoms with Crippen LogP contribution in [-0.4, -0.2) is 44.2 Å². The molecule has 1 aromatic heterocycles. The van der Waals surface area contributed by atoms with E-state index in [0.717, 1.165) is 25.7 Å². The van der Waals surface area contributed by atoms with Crippen LogP contribution >= 0.6 is 0 Å². The fourth-order valence-corrected chi connectivity index (χ4v) is 3.04. The summed E-state index contributed by atoms with van der Waals surface area (Å²) < 4.78 is 7.29. The van der Waals surface area contributed by atoms with E-state index in [4.69, 9.17) is 9.84 Å². The van der Waals surface area contributed by atoms with E-state index in [-0.39, 0.29) is 17.7 Å². The molecular formula is C18H22N4O4. The van der Waals surface area contributed by atoms with Crippen molar-refractivity contribution in [2.24, 2.45) is 0 Å². The number of nitrogens with one attached hydrogen (secondary N) is 1. The van der Waals surface area contributed by atoms with Crippen LogP contribution < -0.4 is 5.32 Å². The van der Waals surface area contributed by atoms with Crippen molar-refractivity contribution in [2.45, 2.75) is 51.2 Å². The second kappa shape index (κ2) is 8.09. The number of carboxylic acids is 1. The molecule has 0 radical (unpaired) electrons. The number of nitrogens with zero attached hydrogens (tertiary/aromatic N) is 3. The average molecular weight is 358 g/mol. The number of ether oxygens (including phenoxy) is 1. The Kier molecular flexibility index (Phi) is 5.62. The minimum Gasteiger partial charge on any atom is -0.476 e. The highest BCUT2D eigenvalue weighted by atomic mass is 16.5. The molecule has 1 amide bonds. The summed E-state index contributed by atoms with van der Waals surface area (Å²) in [4.78, 5) is 23.4. The zero-order valence-electron chi connectivity index (χ0n) is 14.6. The van der Waals surface area contributed by atoms with Gasteiger partial charge < -0.3 is 15.2 Å². The van der Waals surface area contributed by atoms with E-state index in [1.807, 2.05) is 6.92 Å². The molecule has 8 nitrogen and oxygen atoms in total. The summed E-state index contributed by atoms with van der Waals surface area (Å²) in [5.41, 5.74) is 1.05. The smallest absolute Gasteiger partial charge is 0.358 e. The summed E-state index contributed by atoms with van der Waals surface area (Å²) in [5.74, 6) is -1.32. The number of aromatic nitrogens is 3. The molecule has 3 rings (SSSR count). The molecule has 0 spiro atoms. The fourth-order valence-electron chi connectivity index (χ4n) is 3.04. The first kappa shape index (κ1) is 18.1. The normalized spacial score (nSPS) is 15.7. The Bertz CT molecular complexity index is 783. The van der Waals surface area contributed by atoms with Gasteiger partial charge in [0.25, 0.3) is 5.91 Å². The summed E-state index contributed by atoms with van der Waals surface area (Å²) in [5, 5.41) is 19.2. The van der Waals surface area contributed by atoms with Gasteiger partial charge in [-0.3, -0.25) is 4.79 Å². The monoisotopic (exact) mass is 358 g/mol. The van der Waals surface area contributed by atoms with E-state index in [9.17, 15) is 9.59 Å². The van der Waals surface area contributed by atoms with Crippen molar-refractivity contribution in [3.8, 4) is 5.69 Å². The van der Waals surface area contributed by atoms with E-state index in [1.165, 1.54) is 10.9 Å². The first-order chi connectivity index (χ1) is 12.6. The third-order valence-corrected chi connectivity index (χ3v) is 4.41. The molecule has 0 aliphatic heterocycles. The minimum atomic E-state index is -1.14. The number of rotatable bonds is 7. The van der Waals surface area contributed by atoms with Crippen LogP contribution in [0.5, 0.6) is 0 Å². The maximum absolute atomic E-state index is 12.5. The van der Waals surface area contributed by atoms with Crippen molar-refractivity contribution in [2.75, 3.05) is 5.32 Å². The zero-order valence-corrected chi connectivity index (χ0v) is 14.6. The summed E-state index contributed by atoms with van der Waals surface area (Å²) in [6.45, 7) is 1.93. The summed E-state index contributed by atoms with van der Waals surface area (Å²) in [6, 6.07) is 6.98. The van der Waals surface area contributed by atoms with Crippen LogP contribution in [0.25, 0.3) is 5.69 Å². The molecule has 1 saturated carbocycles. The first-order valence-electron chi connectivity index (χ1n) is 8.79. The molecule has 1 aromatic carbocycles. The average Bonchev–Trinajstić information content (AvgIpc) is 3.31. The molecule has 0 saturated heterocycles. The van der Waals surface area contributed by atoms with Gasteiger partial charge in [0.15, 0.2) is 5.69 Å². The lowest BCUT2D eigenvalue weighted by Gasteiger charge is -2.20. The van der Waals surface area contributed by atoms with Crippen LogP contribution in [-0.2, 0) is 9.53 Å². The van der Waals surface area contributed by atoms with Crippen molar-refractivity contribution >= 4 is 17.6 Å². The fraction of sp³-hybridized carbons (Fsp3) is 0.444. The van der Waals surface area contributed by atoms with Gasteiger partial charge in [-0.25, -0.2) is 9.48 Å². The van der Waals surface area contributed by atoms with Crippen LogP contribution in [0.4, 0.5) is 5.69 Å². The topological polar surface area (TPSA) is 106 Å². The highest BCUT2D eigenvalue weighted by Gasteiger charge is 2.24. The van der Waals surface area contributed by atoms with E-state index < -0.39 is 12.1 Å². The van der Waals surface area contributed by atoms with Crippen molar-refractivity contribution in [1.29, 1.82) is 0 Å². The van der Waals surface area contributed by atoms with Crippen LogP contribution in [0.15, 0.2) is 30.5 Å². The number of carbonyl (C=O) groups excluding carboxylic acids is 1. The number of anilines is 1. The Balaban J connectivity index is 1.68. The number of aromatic carboxylic acids is 1. The van der Waals surface area contributed by atoms with Crippen molar-refractivity contribution in [3.05, 3.63) is 36.2 Å². The second-order valence-corrected chi connectivity index (χ2v) is 6.33. The van der Waals surface area contributed by atoms with E-state index in [0.29, 0.717) is 17.8 Å². The van der Waals surface area contributed by atoms with Crippen LogP contribution in [0.2, 0.25) is 0 Å². The molecule has 2 aromatic rings. The number of benzene rings is 1. The van der Waals surface area contributed by atoms with Gasteiger partial charge in [0, 0.05) is 5.69 Å². The standard InChI is InChI=1S/C18H22N4O4/c1-2-16(26-14-8-3-4-9-14)17(23)19-12-6-5-7-13(10-12)22-11-15(18(24)25)20-21-22/h5-7,10-11,14,16H,2-4,8-9H2,1H3,(H,19,23)(H,24,25). The van der Waals surface area contributed by atoms with E-state index in [2.05, 4.69) is 15.6 Å². The van der Waals surface area contributed by atoms with Crippen molar-refractivity contribution in [1.82, 2.24) is 15.0 Å². The van der Waals surface area contributed by atoms with Crippen molar-refractivity contribution in [3.63, 3.8) is 0 Å². The largest absolute Gasteiger partial charge is 0.476 e. The molecular weight excluding hydrogens is 336 g/mol. The Labute approximate surface area is 151 Å². The van der Waals surface area contributed by atoms with Gasteiger partial charge in [-0.15, -0.1) is 5.10 Å². The zero-order chi connectivity index (χ0) is 18.5. The number of carboxylic acid groups (broad SMARTS) is 1. The third kappa shape index (κ3) is 4.26. The van der Waals surface area contributed by atoms with Gasteiger partial charge in [0.2, 0.25) is 0 Å². The van der Waals surface area contributed by atoms with E-state index in [1.54, 1.807) is 24.3 Å². The molecule has 8 heteroatoms. The summed E-state index contributed by atoms with van der Waals surface area (Å²) in [7, 11) is 0. The Morgan fingerprint density at radius 1 is 1.38 bits per heavy atom. The number of amides is 1. The molecule has 0 bridgehead atoms. The summed E-state index contributed by atoms with van der Waals surface area (Å²) in [6.07, 6.45) is 5.94. The lowest BCUT2D eigenvalue weighted by atomic mass is 10.2. The molecule has 1 aliphatic rings. The molecule has 1 fully saturated rings. The third-order valence-electron chi connectivity index (χ3n) is 4.41. The highest BCUT2D eigenvalue weighted by molar-refractivity contribution is 5.94. The Morgan fingerprint density at radius 3 is 2.81 bits per heavy atom. The number of hydrogen-bond acceptors (Lipinski definition) is 5. The maximum atomic E-state index is 12.5. The molecule has 138 valence electrons. The SMILES string of the molecule is CCC(OC1CCCC1)C(=O)Nc1cccc(-n2cc(C(=O)O)nn2)c1. The Morgan fingerprint density at radius 2 is 2.15 bits per heavy atom. The molecule has 1 aliphatic carbocycles. The molecule has 1 atom stereocenters. The van der Waals surface area contributed by atoms with Gasteiger partial charge in [0.1, 0.15) is 6.10 Å². The number of hydrogen-bond donors (Lipinski definition) is 2. The van der Waals surface area contributed by atoms with Gasteiger partial charge in [0.05, 0.1) is 18.0 Å². The van der Waals surface area contributed by atoms with Gasteiger partial charge in [-0.1, -0.05) is 31.0 Å². The highest BCUT2D eigenvalue weighted by Crippen LogP contribution is 2.23. The number of carbonyl (C=O) groups is 2. The summed E-state index contributed by atoms with van der Waals surface area (Å²) >= 11 is 0. The van der Waals surface area contributed by atoms with Crippen LogP contribution in [0.3, 0.4) is 0 Å². The quantitative estimate of drug-likeness (QED) is 0.788.